The Balaban J connectivity index is 1.37. The maximum Gasteiger partial charge on any atom is 0.248 e. The second-order valence-corrected chi connectivity index (χ2v) is 9.26. The van der Waals surface area contributed by atoms with Crippen molar-refractivity contribution < 1.29 is 4.79 Å². The number of carbonyl (C=O) groups excluding carboxylic acids is 1. The van der Waals surface area contributed by atoms with Crippen LogP contribution in [0, 0.1) is 11.3 Å². The van der Waals surface area contributed by atoms with E-state index in [1.165, 1.54) is 12.8 Å². The number of amides is 1. The average molecular weight is 467 g/mol. The lowest BCUT2D eigenvalue weighted by atomic mass is 10.0. The third-order valence-electron chi connectivity index (χ3n) is 7.12. The fourth-order valence-electron chi connectivity index (χ4n) is 5.43. The number of hydrogen-bond acceptors (Lipinski definition) is 7. The predicted molar refractivity (Wildman–Crippen MR) is 134 cm³/mol. The Bertz CT molecular complexity index is 1390. The average Bonchev–Trinajstić information content (AvgIpc) is 3.57. The summed E-state index contributed by atoms with van der Waals surface area (Å²) in [4.78, 5) is 22.7. The second kappa shape index (κ2) is 8.56. The molecular formula is C26H26N8O. The lowest BCUT2D eigenvalue weighted by molar-refractivity contribution is -0.126. The van der Waals surface area contributed by atoms with Gasteiger partial charge in [0, 0.05) is 23.3 Å². The summed E-state index contributed by atoms with van der Waals surface area (Å²) >= 11 is 0. The summed E-state index contributed by atoms with van der Waals surface area (Å²) in [7, 11) is 0. The molecule has 3 heterocycles. The van der Waals surface area contributed by atoms with E-state index >= 15 is 0 Å². The normalized spacial score (nSPS) is 22.9. The summed E-state index contributed by atoms with van der Waals surface area (Å²) in [6.07, 6.45) is 7.79. The van der Waals surface area contributed by atoms with Crippen molar-refractivity contribution in [2.75, 3.05) is 10.2 Å². The molecule has 2 aromatic carbocycles. The molecular weight excluding hydrogens is 440 g/mol. The number of piperazine rings is 1. The Morgan fingerprint density at radius 1 is 1.17 bits per heavy atom. The van der Waals surface area contributed by atoms with Gasteiger partial charge in [-0.1, -0.05) is 18.9 Å². The van der Waals surface area contributed by atoms with E-state index < -0.39 is 0 Å². The molecule has 9 nitrogen and oxygen atoms in total. The van der Waals surface area contributed by atoms with Gasteiger partial charge in [0.05, 0.1) is 40.8 Å². The zero-order valence-corrected chi connectivity index (χ0v) is 19.4. The largest absolute Gasteiger partial charge is 0.331 e. The van der Waals surface area contributed by atoms with Crippen LogP contribution in [0.3, 0.4) is 0 Å². The number of rotatable bonds is 3. The van der Waals surface area contributed by atoms with Gasteiger partial charge in [-0.2, -0.15) is 10.4 Å². The van der Waals surface area contributed by atoms with E-state index in [0.29, 0.717) is 23.3 Å². The molecule has 176 valence electrons. The molecule has 2 atom stereocenters. The van der Waals surface area contributed by atoms with Crippen molar-refractivity contribution >= 4 is 34.1 Å². The van der Waals surface area contributed by atoms with Gasteiger partial charge >= 0.3 is 0 Å². The smallest absolute Gasteiger partial charge is 0.248 e. The Morgan fingerprint density at radius 3 is 2.86 bits per heavy atom. The third-order valence-corrected chi connectivity index (χ3v) is 7.12. The van der Waals surface area contributed by atoms with E-state index in [1.807, 2.05) is 43.5 Å². The summed E-state index contributed by atoms with van der Waals surface area (Å²) in [6, 6.07) is 15.3. The second-order valence-electron chi connectivity index (χ2n) is 9.26. The molecule has 0 radical (unpaired) electrons. The van der Waals surface area contributed by atoms with Gasteiger partial charge in [0.1, 0.15) is 6.17 Å². The monoisotopic (exact) mass is 466 g/mol. The minimum atomic E-state index is -0.337. The van der Waals surface area contributed by atoms with Crippen LogP contribution in [0.4, 0.5) is 11.4 Å². The quantitative estimate of drug-likeness (QED) is 0.543. The third kappa shape index (κ3) is 3.72. The standard InChI is InChI=1S/C26H26N8O/c1-16-25(35)34(21-8-4-5-17(11-21)13-27)23-15-28-26(31-24(23)33(16)20-6-2-3-7-20)30-19-9-10-22-18(12-19)14-29-32-22/h4-5,8-12,14-16,20,24H,2-3,6-7H2,1H3,(H,29,32)(H2,28,30,31)/t16-,24?/m1/s1. The van der Waals surface area contributed by atoms with Crippen molar-refractivity contribution in [2.24, 2.45) is 4.99 Å². The van der Waals surface area contributed by atoms with Crippen molar-refractivity contribution in [1.29, 1.82) is 5.26 Å². The summed E-state index contributed by atoms with van der Waals surface area (Å²) < 4.78 is 0. The summed E-state index contributed by atoms with van der Waals surface area (Å²) in [5, 5.41) is 24.1. The van der Waals surface area contributed by atoms with Crippen LogP contribution < -0.4 is 15.5 Å². The highest BCUT2D eigenvalue weighted by Crippen LogP contribution is 2.38. The van der Waals surface area contributed by atoms with Crippen molar-refractivity contribution in [2.45, 2.75) is 50.9 Å². The lowest BCUT2D eigenvalue weighted by Crippen LogP contribution is -2.63. The van der Waals surface area contributed by atoms with Gasteiger partial charge in [0.15, 0.2) is 0 Å². The number of guanidine groups is 1. The number of H-pyrrole nitrogens is 1. The number of aromatic amines is 1. The molecule has 6 rings (SSSR count). The molecule has 9 heteroatoms. The highest BCUT2D eigenvalue weighted by Gasteiger charge is 2.47. The van der Waals surface area contributed by atoms with Crippen LogP contribution in [0.1, 0.15) is 38.2 Å². The predicted octanol–water partition coefficient (Wildman–Crippen LogP) is 3.65. The molecule has 1 aliphatic carbocycles. The minimum Gasteiger partial charge on any atom is -0.331 e. The van der Waals surface area contributed by atoms with Gasteiger partial charge in [0.25, 0.3) is 0 Å². The molecule has 1 amide bonds. The molecule has 3 aliphatic rings. The molecule has 2 aliphatic heterocycles. The van der Waals surface area contributed by atoms with Crippen LogP contribution in [-0.4, -0.2) is 45.2 Å². The Labute approximate surface area is 203 Å². The molecule has 2 fully saturated rings. The fourth-order valence-corrected chi connectivity index (χ4v) is 5.43. The van der Waals surface area contributed by atoms with Crippen molar-refractivity contribution in [3.8, 4) is 6.07 Å². The fraction of sp³-hybridized carbons (Fsp3) is 0.308. The molecule has 1 aromatic heterocycles. The number of hydrogen-bond donors (Lipinski definition) is 3. The number of anilines is 2. The first-order valence-electron chi connectivity index (χ1n) is 12.0. The maximum atomic E-state index is 13.7. The van der Waals surface area contributed by atoms with E-state index in [-0.39, 0.29) is 18.1 Å². The Hall–Kier alpha value is -4.16. The number of nitrogens with zero attached hydrogens (tertiary/aromatic N) is 5. The number of carbonyl (C=O) groups is 1. The Morgan fingerprint density at radius 2 is 2.03 bits per heavy atom. The topological polar surface area (TPSA) is 112 Å². The van der Waals surface area contributed by atoms with Crippen LogP contribution in [0.25, 0.3) is 10.9 Å². The maximum absolute atomic E-state index is 13.7. The highest BCUT2D eigenvalue weighted by molar-refractivity contribution is 6.03. The number of fused-ring (bicyclic) bond motifs is 2. The Kier molecular flexibility index (Phi) is 5.23. The van der Waals surface area contributed by atoms with Crippen LogP contribution in [-0.2, 0) is 4.79 Å². The van der Waals surface area contributed by atoms with Crippen molar-refractivity contribution in [3.05, 3.63) is 66.1 Å². The first-order chi connectivity index (χ1) is 17.1. The zero-order valence-electron chi connectivity index (χ0n) is 19.4. The van der Waals surface area contributed by atoms with E-state index in [0.717, 1.165) is 35.1 Å². The summed E-state index contributed by atoms with van der Waals surface area (Å²) in [5.41, 5.74) is 3.84. The number of benzene rings is 2. The number of aromatic nitrogens is 2. The molecule has 1 saturated heterocycles. The van der Waals surface area contributed by atoms with Crippen LogP contribution >= 0.6 is 0 Å². The van der Waals surface area contributed by atoms with Gasteiger partial charge in [-0.3, -0.25) is 19.7 Å². The van der Waals surface area contributed by atoms with E-state index in [4.69, 9.17) is 4.99 Å². The lowest BCUT2D eigenvalue weighted by Gasteiger charge is -2.48. The molecule has 1 saturated carbocycles. The van der Waals surface area contributed by atoms with Crippen molar-refractivity contribution in [3.63, 3.8) is 0 Å². The first-order valence-corrected chi connectivity index (χ1v) is 12.0. The van der Waals surface area contributed by atoms with E-state index in [2.05, 4.69) is 31.8 Å². The molecule has 0 spiro atoms. The van der Waals surface area contributed by atoms with Crippen LogP contribution in [0.15, 0.2) is 65.6 Å². The molecule has 3 N–H and O–H groups in total. The van der Waals surface area contributed by atoms with Crippen LogP contribution in [0.2, 0.25) is 0 Å². The van der Waals surface area contributed by atoms with Gasteiger partial charge in [-0.05, 0) is 56.2 Å². The zero-order chi connectivity index (χ0) is 23.9. The molecule has 35 heavy (non-hydrogen) atoms. The SMILES string of the molecule is C[C@@H]1C(=O)N(c2cccc(C#N)c2)C2=CNC(Nc3ccc4[nH]ncc4c3)=NC2N1C1CCCC1. The van der Waals surface area contributed by atoms with Crippen molar-refractivity contribution in [1.82, 2.24) is 20.4 Å². The number of nitrogens with one attached hydrogen (secondary N) is 3. The van der Waals surface area contributed by atoms with Gasteiger partial charge in [0.2, 0.25) is 11.9 Å². The van der Waals surface area contributed by atoms with Gasteiger partial charge in [-0.15, -0.1) is 0 Å². The molecule has 3 aromatic rings. The first kappa shape index (κ1) is 21.4. The van der Waals surface area contributed by atoms with Gasteiger partial charge in [-0.25, -0.2) is 4.99 Å². The highest BCUT2D eigenvalue weighted by atomic mass is 16.2. The number of aliphatic imine (C=N–C) groups is 1. The minimum absolute atomic E-state index is 0.00620. The number of nitriles is 1. The van der Waals surface area contributed by atoms with Gasteiger partial charge < -0.3 is 10.6 Å². The summed E-state index contributed by atoms with van der Waals surface area (Å²) in [6.45, 7) is 1.97. The summed E-state index contributed by atoms with van der Waals surface area (Å²) in [5.74, 6) is 0.616. The molecule has 0 bridgehead atoms. The van der Waals surface area contributed by atoms with E-state index in [9.17, 15) is 10.1 Å². The van der Waals surface area contributed by atoms with Crippen LogP contribution in [0.5, 0.6) is 0 Å². The molecule has 1 unspecified atom stereocenters. The van der Waals surface area contributed by atoms with E-state index in [1.54, 1.807) is 23.2 Å².